The number of nitrogens with one attached hydrogen (secondary N) is 3. The second kappa shape index (κ2) is 13.3. The normalized spacial score (nSPS) is 13.4. The number of benzene rings is 3. The van der Waals surface area contributed by atoms with Crippen molar-refractivity contribution in [1.82, 2.24) is 10.6 Å². The van der Waals surface area contributed by atoms with Gasteiger partial charge in [0.05, 0.1) is 30.0 Å². The minimum atomic E-state index is -4.75. The molecule has 0 saturated carbocycles. The fourth-order valence-corrected chi connectivity index (χ4v) is 4.74. The van der Waals surface area contributed by atoms with E-state index in [-0.39, 0.29) is 36.0 Å². The van der Waals surface area contributed by atoms with E-state index in [1.807, 2.05) is 13.0 Å². The number of sulfonamides is 1. The van der Waals surface area contributed by atoms with Crippen LogP contribution in [-0.4, -0.2) is 43.4 Å². The molecule has 13 heteroatoms. The molecule has 0 aliphatic heterocycles. The van der Waals surface area contributed by atoms with Crippen LogP contribution in [0.2, 0.25) is 0 Å². The molecule has 0 saturated heterocycles. The third-order valence-electron chi connectivity index (χ3n) is 6.11. The van der Waals surface area contributed by atoms with Crippen LogP contribution in [-0.2, 0) is 40.4 Å². The van der Waals surface area contributed by atoms with Crippen LogP contribution in [0, 0.1) is 5.82 Å². The molecule has 222 valence electrons. The monoisotopic (exact) mass is 597 g/mol. The first-order valence-corrected chi connectivity index (χ1v) is 14.4. The summed E-state index contributed by atoms with van der Waals surface area (Å²) in [5.41, 5.74) is 0.506. The summed E-state index contributed by atoms with van der Waals surface area (Å²) in [4.78, 5) is 12.4. The molecule has 0 heterocycles. The third-order valence-corrected chi connectivity index (χ3v) is 6.70. The van der Waals surface area contributed by atoms with Crippen LogP contribution in [0.1, 0.15) is 40.8 Å². The molecule has 0 bridgehead atoms. The first-order chi connectivity index (χ1) is 19.1. The summed E-state index contributed by atoms with van der Waals surface area (Å²) in [5, 5.41) is 26.1. The number of anilines is 1. The SMILES string of the molecule is C[C@H](Cc1cccc(CC(=O)NCc2ccc(F)cc2C(F)(F)F)c1)NC[C@H](O)c1ccc(O)c(NS(C)(=O)=O)c1. The molecule has 0 spiro atoms. The van der Waals surface area contributed by atoms with Crippen LogP contribution in [0.5, 0.6) is 5.75 Å². The first kappa shape index (κ1) is 31.8. The standard InChI is InChI=1S/C28H31F4N3O5S/c1-17(33-16-26(37)20-7-9-25(36)24(13-20)35-41(2,39)40)10-18-4-3-5-19(11-18)12-27(38)34-15-21-6-8-22(29)14-23(21)28(30,31)32/h3-9,11,13-14,17,26,33,35-37H,10,12,15-16H2,1-2H3,(H,34,38)/t17-,26+/m1/s1. The van der Waals surface area contributed by atoms with E-state index in [0.717, 1.165) is 24.0 Å². The largest absolute Gasteiger partial charge is 0.506 e. The molecule has 5 N–H and O–H groups in total. The molecule has 0 radical (unpaired) electrons. The molecule has 3 aromatic carbocycles. The van der Waals surface area contributed by atoms with Crippen molar-refractivity contribution in [2.24, 2.45) is 0 Å². The van der Waals surface area contributed by atoms with E-state index in [2.05, 4.69) is 15.4 Å². The van der Waals surface area contributed by atoms with E-state index >= 15 is 0 Å². The lowest BCUT2D eigenvalue weighted by Gasteiger charge is -2.19. The zero-order chi connectivity index (χ0) is 30.4. The fraction of sp³-hybridized carbons (Fsp3) is 0.321. The summed E-state index contributed by atoms with van der Waals surface area (Å²) in [7, 11) is -3.62. The second-order valence-corrected chi connectivity index (χ2v) is 11.5. The molecule has 8 nitrogen and oxygen atoms in total. The van der Waals surface area contributed by atoms with Gasteiger partial charge in [-0.15, -0.1) is 0 Å². The van der Waals surface area contributed by atoms with Gasteiger partial charge in [0, 0.05) is 19.1 Å². The lowest BCUT2D eigenvalue weighted by molar-refractivity contribution is -0.138. The van der Waals surface area contributed by atoms with Crippen LogP contribution in [0.3, 0.4) is 0 Å². The Labute approximate surface area is 235 Å². The van der Waals surface area contributed by atoms with Gasteiger partial charge in [-0.2, -0.15) is 13.2 Å². The predicted octanol–water partition coefficient (Wildman–Crippen LogP) is 4.03. The lowest BCUT2D eigenvalue weighted by Crippen LogP contribution is -2.32. The number of aliphatic hydroxyl groups is 1. The van der Waals surface area contributed by atoms with E-state index in [1.54, 1.807) is 18.2 Å². The molecule has 0 aliphatic carbocycles. The van der Waals surface area contributed by atoms with Crippen LogP contribution in [0.15, 0.2) is 60.7 Å². The molecule has 3 aromatic rings. The smallest absolute Gasteiger partial charge is 0.416 e. The number of rotatable bonds is 12. The number of aliphatic hydroxyl groups excluding tert-OH is 1. The zero-order valence-electron chi connectivity index (χ0n) is 22.3. The van der Waals surface area contributed by atoms with Crippen molar-refractivity contribution in [3.05, 3.63) is 94.3 Å². The van der Waals surface area contributed by atoms with E-state index in [1.165, 1.54) is 18.2 Å². The van der Waals surface area contributed by atoms with Gasteiger partial charge >= 0.3 is 6.18 Å². The molecule has 0 fully saturated rings. The fourth-order valence-electron chi connectivity index (χ4n) is 4.17. The summed E-state index contributed by atoms with van der Waals surface area (Å²) in [6.45, 7) is 1.62. The van der Waals surface area contributed by atoms with Gasteiger partial charge in [0.25, 0.3) is 0 Å². The van der Waals surface area contributed by atoms with Gasteiger partial charge in [0.1, 0.15) is 11.6 Å². The van der Waals surface area contributed by atoms with Gasteiger partial charge in [0.2, 0.25) is 15.9 Å². The van der Waals surface area contributed by atoms with Crippen molar-refractivity contribution in [1.29, 1.82) is 0 Å². The maximum Gasteiger partial charge on any atom is 0.416 e. The van der Waals surface area contributed by atoms with E-state index < -0.39 is 46.1 Å². The second-order valence-electron chi connectivity index (χ2n) is 9.75. The predicted molar refractivity (Wildman–Crippen MR) is 146 cm³/mol. The summed E-state index contributed by atoms with van der Waals surface area (Å²) in [5.74, 6) is -1.78. The number of hydrogen-bond donors (Lipinski definition) is 5. The van der Waals surface area contributed by atoms with Crippen molar-refractivity contribution < 1.29 is 41.0 Å². The summed E-state index contributed by atoms with van der Waals surface area (Å²) < 4.78 is 78.0. The Hall–Kier alpha value is -3.68. The minimum absolute atomic E-state index is 0.0450. The molecule has 0 aromatic heterocycles. The van der Waals surface area contributed by atoms with Crippen molar-refractivity contribution in [3.8, 4) is 5.75 Å². The average molecular weight is 598 g/mol. The highest BCUT2D eigenvalue weighted by Crippen LogP contribution is 2.32. The van der Waals surface area contributed by atoms with Gasteiger partial charge in [-0.05, 0) is 59.9 Å². The van der Waals surface area contributed by atoms with Crippen LogP contribution >= 0.6 is 0 Å². The zero-order valence-corrected chi connectivity index (χ0v) is 23.1. The van der Waals surface area contributed by atoms with Crippen LogP contribution < -0.4 is 15.4 Å². The topological polar surface area (TPSA) is 128 Å². The number of hydrogen-bond acceptors (Lipinski definition) is 6. The summed E-state index contributed by atoms with van der Waals surface area (Å²) in [6.07, 6.45) is -4.33. The van der Waals surface area contributed by atoms with E-state index in [9.17, 15) is 41.0 Å². The Morgan fingerprint density at radius 2 is 1.73 bits per heavy atom. The van der Waals surface area contributed by atoms with Crippen molar-refractivity contribution in [2.75, 3.05) is 17.5 Å². The van der Waals surface area contributed by atoms with E-state index in [4.69, 9.17) is 0 Å². The first-order valence-electron chi connectivity index (χ1n) is 12.5. The number of phenols is 1. The van der Waals surface area contributed by atoms with Crippen molar-refractivity contribution in [3.63, 3.8) is 0 Å². The Balaban J connectivity index is 1.53. The molecule has 3 rings (SSSR count). The highest BCUT2D eigenvalue weighted by Gasteiger charge is 2.33. The van der Waals surface area contributed by atoms with Crippen LogP contribution in [0.4, 0.5) is 23.2 Å². The lowest BCUT2D eigenvalue weighted by atomic mass is 10.0. The molecule has 0 aliphatic rings. The number of carbonyl (C=O) groups is 1. The third kappa shape index (κ3) is 10.0. The van der Waals surface area contributed by atoms with Crippen molar-refractivity contribution >= 4 is 21.6 Å². The number of carbonyl (C=O) groups excluding carboxylic acids is 1. The number of halogens is 4. The van der Waals surface area contributed by atoms with Gasteiger partial charge in [-0.3, -0.25) is 9.52 Å². The molecular formula is C28H31F4N3O5S. The Bertz CT molecular complexity index is 1480. The van der Waals surface area contributed by atoms with Crippen LogP contribution in [0.25, 0.3) is 0 Å². The summed E-state index contributed by atoms with van der Waals surface area (Å²) in [6, 6.07) is 13.4. The van der Waals surface area contributed by atoms with Gasteiger partial charge < -0.3 is 20.8 Å². The minimum Gasteiger partial charge on any atom is -0.506 e. The molecule has 41 heavy (non-hydrogen) atoms. The highest BCUT2D eigenvalue weighted by atomic mass is 32.2. The van der Waals surface area contributed by atoms with E-state index in [0.29, 0.717) is 23.6 Å². The average Bonchev–Trinajstić information content (AvgIpc) is 2.86. The number of aromatic hydroxyl groups is 1. The maximum atomic E-state index is 13.3. The van der Waals surface area contributed by atoms with Crippen molar-refractivity contribution in [2.45, 2.75) is 44.6 Å². The number of alkyl halides is 3. The highest BCUT2D eigenvalue weighted by molar-refractivity contribution is 7.92. The molecule has 2 atom stereocenters. The summed E-state index contributed by atoms with van der Waals surface area (Å²) >= 11 is 0. The Morgan fingerprint density at radius 1 is 1.02 bits per heavy atom. The molecule has 0 unspecified atom stereocenters. The maximum absolute atomic E-state index is 13.3. The number of amides is 1. The molecule has 1 amide bonds. The Morgan fingerprint density at radius 3 is 2.41 bits per heavy atom. The quantitative estimate of drug-likeness (QED) is 0.159. The van der Waals surface area contributed by atoms with Gasteiger partial charge in [-0.25, -0.2) is 12.8 Å². The molecular weight excluding hydrogens is 566 g/mol. The Kier molecular flexibility index (Phi) is 10.3. The number of phenolic OH excluding ortho intramolecular Hbond substituents is 1. The van der Waals surface area contributed by atoms with Gasteiger partial charge in [0.15, 0.2) is 0 Å². The van der Waals surface area contributed by atoms with Gasteiger partial charge in [-0.1, -0.05) is 36.4 Å².